The highest BCUT2D eigenvalue weighted by Crippen LogP contribution is 2.53. The van der Waals surface area contributed by atoms with Crippen LogP contribution in [0.3, 0.4) is 0 Å². The molecule has 2 heterocycles. The van der Waals surface area contributed by atoms with Crippen LogP contribution in [0, 0.1) is 11.3 Å². The number of hydrogen-bond donors (Lipinski definition) is 1. The van der Waals surface area contributed by atoms with Crippen molar-refractivity contribution < 1.29 is 0 Å². The molecule has 230 valence electrons. The molecule has 5 heteroatoms. The molecule has 1 aliphatic carbocycles. The lowest BCUT2D eigenvalue weighted by atomic mass is 9.82. The Kier molecular flexibility index (Phi) is 6.36. The molecule has 5 nitrogen and oxygen atoms in total. The van der Waals surface area contributed by atoms with E-state index < -0.39 is 6.17 Å². The summed E-state index contributed by atoms with van der Waals surface area (Å²) in [5.74, 6) is 0.769. The van der Waals surface area contributed by atoms with Crippen LogP contribution in [0.1, 0.15) is 59.6 Å². The Morgan fingerprint density at radius 1 is 0.729 bits per heavy atom. The van der Waals surface area contributed by atoms with E-state index >= 15 is 0 Å². The highest BCUT2D eigenvalue weighted by molar-refractivity contribution is 6.18. The van der Waals surface area contributed by atoms with Crippen LogP contribution >= 0.6 is 0 Å². The third-order valence-electron chi connectivity index (χ3n) is 10.0. The number of fused-ring (bicyclic) bond motifs is 7. The fourth-order valence-corrected chi connectivity index (χ4v) is 7.72. The summed E-state index contributed by atoms with van der Waals surface area (Å²) in [6, 6.07) is 50.9. The Bertz CT molecular complexity index is 2460. The molecule has 1 aromatic heterocycles. The van der Waals surface area contributed by atoms with E-state index in [2.05, 4.69) is 127 Å². The SMILES string of the molecule is CC1(C)c2ccccc2-c2c1ccc1c2c2ccccc2n1-c1cccc(C2=NC(c3cccc(C#N)c3)[N-]C(c3ccccc3)N2)c1. The van der Waals surface area contributed by atoms with Gasteiger partial charge in [-0.25, -0.2) is 0 Å². The predicted octanol–water partition coefficient (Wildman–Crippen LogP) is 10.1. The van der Waals surface area contributed by atoms with Gasteiger partial charge in [-0.3, -0.25) is 4.99 Å². The lowest BCUT2D eigenvalue weighted by Gasteiger charge is -2.44. The predicted molar refractivity (Wildman–Crippen MR) is 194 cm³/mol. The van der Waals surface area contributed by atoms with E-state index in [4.69, 9.17) is 10.3 Å². The molecule has 1 N–H and O–H groups in total. The molecule has 1 aliphatic heterocycles. The quantitative estimate of drug-likeness (QED) is 0.213. The van der Waals surface area contributed by atoms with Crippen molar-refractivity contribution in [2.24, 2.45) is 4.99 Å². The normalized spacial score (nSPS) is 17.7. The first-order valence-corrected chi connectivity index (χ1v) is 16.4. The zero-order valence-electron chi connectivity index (χ0n) is 26.7. The maximum absolute atomic E-state index is 9.59. The van der Waals surface area contributed by atoms with Crippen LogP contribution in [0.25, 0.3) is 43.9 Å². The number of nitriles is 1. The van der Waals surface area contributed by atoms with Gasteiger partial charge in [-0.1, -0.05) is 117 Å². The van der Waals surface area contributed by atoms with Gasteiger partial charge in [0.15, 0.2) is 0 Å². The highest BCUT2D eigenvalue weighted by atomic mass is 15.3. The summed E-state index contributed by atoms with van der Waals surface area (Å²) in [6.07, 6.45) is -0.750. The van der Waals surface area contributed by atoms with E-state index in [0.717, 1.165) is 28.2 Å². The van der Waals surface area contributed by atoms with Crippen LogP contribution in [0.5, 0.6) is 0 Å². The molecular weight excluding hydrogens is 587 g/mol. The molecule has 0 amide bonds. The van der Waals surface area contributed by atoms with Crippen LogP contribution in [0.4, 0.5) is 0 Å². The molecule has 0 spiro atoms. The summed E-state index contributed by atoms with van der Waals surface area (Å²) in [6.45, 7) is 4.67. The maximum atomic E-state index is 9.59. The van der Waals surface area contributed by atoms with E-state index in [1.165, 1.54) is 44.1 Å². The monoisotopic (exact) mass is 618 g/mol. The Morgan fingerprint density at radius 2 is 1.50 bits per heavy atom. The topological polar surface area (TPSA) is 67.2 Å². The molecule has 2 aliphatic rings. The molecule has 6 aromatic carbocycles. The van der Waals surface area contributed by atoms with E-state index in [9.17, 15) is 5.26 Å². The second kappa shape index (κ2) is 10.8. The van der Waals surface area contributed by atoms with Gasteiger partial charge in [0, 0.05) is 27.4 Å². The average molecular weight is 619 g/mol. The van der Waals surface area contributed by atoms with Crippen molar-refractivity contribution in [3.63, 3.8) is 0 Å². The third-order valence-corrected chi connectivity index (χ3v) is 10.0. The molecule has 0 saturated heterocycles. The Morgan fingerprint density at radius 3 is 2.38 bits per heavy atom. The van der Waals surface area contributed by atoms with Crippen molar-refractivity contribution in [3.8, 4) is 22.9 Å². The van der Waals surface area contributed by atoms with Gasteiger partial charge in [0.05, 0.1) is 22.7 Å². The number of hydrogen-bond acceptors (Lipinski definition) is 3. The fraction of sp³-hybridized carbons (Fsp3) is 0.116. The van der Waals surface area contributed by atoms with E-state index in [1.807, 2.05) is 42.5 Å². The van der Waals surface area contributed by atoms with Gasteiger partial charge >= 0.3 is 0 Å². The molecule has 0 fully saturated rings. The minimum Gasteiger partial charge on any atom is -0.613 e. The number of amidine groups is 1. The van der Waals surface area contributed by atoms with Crippen molar-refractivity contribution in [2.45, 2.75) is 31.6 Å². The Hall–Kier alpha value is -5.96. The van der Waals surface area contributed by atoms with E-state index in [-0.39, 0.29) is 11.6 Å². The fourth-order valence-electron chi connectivity index (χ4n) is 7.72. The van der Waals surface area contributed by atoms with E-state index in [0.29, 0.717) is 5.56 Å². The highest BCUT2D eigenvalue weighted by Gasteiger charge is 2.37. The second-order valence-electron chi connectivity index (χ2n) is 13.2. The Labute approximate surface area is 279 Å². The smallest absolute Gasteiger partial charge is 0.126 e. The number of para-hydroxylation sites is 1. The van der Waals surface area contributed by atoms with Gasteiger partial charge in [-0.05, 0) is 82.1 Å². The third kappa shape index (κ3) is 4.31. The van der Waals surface area contributed by atoms with Crippen molar-refractivity contribution >= 4 is 27.6 Å². The summed E-state index contributed by atoms with van der Waals surface area (Å²) in [7, 11) is 0. The second-order valence-corrected chi connectivity index (χ2v) is 13.2. The van der Waals surface area contributed by atoms with Crippen molar-refractivity contribution in [1.82, 2.24) is 9.88 Å². The number of rotatable bonds is 4. The van der Waals surface area contributed by atoms with Crippen molar-refractivity contribution in [3.05, 3.63) is 178 Å². The minimum atomic E-state index is -0.456. The zero-order valence-corrected chi connectivity index (χ0v) is 26.7. The average Bonchev–Trinajstić information content (AvgIpc) is 3.60. The first kappa shape index (κ1) is 28.3. The van der Waals surface area contributed by atoms with Crippen LogP contribution < -0.4 is 5.32 Å². The van der Waals surface area contributed by atoms with Crippen LogP contribution in [0.15, 0.2) is 145 Å². The molecule has 0 bridgehead atoms. The van der Waals surface area contributed by atoms with Gasteiger partial charge in [0.2, 0.25) is 0 Å². The first-order chi connectivity index (χ1) is 23.5. The standard InChI is InChI=1S/C43H32N5/c1-43(2)34-20-8-6-18-32(34)38-35(43)22-23-37-39(38)33-19-7-9-21-36(33)48(37)31-17-11-16-30(25-31)42-46-40(28-13-4-3-5-14-28)45-41(47-42)29-15-10-12-27(24-29)26-44/h3-25,40-41H,1-2H3,(H,46,47)/q-1. The number of benzene rings is 6. The van der Waals surface area contributed by atoms with Gasteiger partial charge in [0.25, 0.3) is 0 Å². The molecule has 2 atom stereocenters. The lowest BCUT2D eigenvalue weighted by Crippen LogP contribution is -2.34. The molecule has 2 unspecified atom stereocenters. The summed E-state index contributed by atoms with van der Waals surface area (Å²) in [5, 5.41) is 20.8. The van der Waals surface area contributed by atoms with Crippen LogP contribution in [0.2, 0.25) is 0 Å². The molecule has 7 aromatic rings. The minimum absolute atomic E-state index is 0.0717. The van der Waals surface area contributed by atoms with Gasteiger partial charge in [-0.15, -0.1) is 0 Å². The summed E-state index contributed by atoms with van der Waals surface area (Å²) in [4.78, 5) is 5.13. The van der Waals surface area contributed by atoms with Gasteiger partial charge in [-0.2, -0.15) is 5.26 Å². The Balaban J connectivity index is 1.22. The number of nitrogens with zero attached hydrogens (tertiary/aromatic N) is 4. The van der Waals surface area contributed by atoms with Crippen molar-refractivity contribution in [1.29, 1.82) is 5.26 Å². The van der Waals surface area contributed by atoms with Crippen molar-refractivity contribution in [2.75, 3.05) is 0 Å². The zero-order chi connectivity index (χ0) is 32.4. The van der Waals surface area contributed by atoms with Crippen LogP contribution in [-0.4, -0.2) is 10.4 Å². The molecule has 0 radical (unpaired) electrons. The number of aliphatic imine (C=N–C) groups is 1. The van der Waals surface area contributed by atoms with Gasteiger partial charge in [0.1, 0.15) is 5.84 Å². The molecule has 9 rings (SSSR count). The number of nitrogens with one attached hydrogen (secondary N) is 1. The molecule has 48 heavy (non-hydrogen) atoms. The summed E-state index contributed by atoms with van der Waals surface area (Å²) in [5.41, 5.74) is 12.3. The van der Waals surface area contributed by atoms with E-state index in [1.54, 1.807) is 0 Å². The lowest BCUT2D eigenvalue weighted by molar-refractivity contribution is 0.631. The van der Waals surface area contributed by atoms with Gasteiger partial charge < -0.3 is 15.2 Å². The summed E-state index contributed by atoms with van der Waals surface area (Å²) >= 11 is 0. The number of aromatic nitrogens is 1. The summed E-state index contributed by atoms with van der Waals surface area (Å²) < 4.78 is 2.39. The molecular formula is C43H32N5-. The largest absolute Gasteiger partial charge is 0.613 e. The maximum Gasteiger partial charge on any atom is 0.126 e. The first-order valence-electron chi connectivity index (χ1n) is 16.4. The van der Waals surface area contributed by atoms with Crippen LogP contribution in [-0.2, 0) is 5.41 Å². The molecule has 0 saturated carbocycles.